The van der Waals surface area contributed by atoms with E-state index in [4.69, 9.17) is 5.11 Å². The van der Waals surface area contributed by atoms with E-state index in [0.717, 1.165) is 25.7 Å². The highest BCUT2D eigenvalue weighted by Crippen LogP contribution is 2.26. The summed E-state index contributed by atoms with van der Waals surface area (Å²) in [7, 11) is 0. The number of carboxylic acids is 1. The zero-order valence-electron chi connectivity index (χ0n) is 11.5. The van der Waals surface area contributed by atoms with Crippen LogP contribution in [0.3, 0.4) is 0 Å². The summed E-state index contributed by atoms with van der Waals surface area (Å²) < 4.78 is 0. The van der Waals surface area contributed by atoms with Gasteiger partial charge in [0.1, 0.15) is 12.3 Å². The van der Waals surface area contributed by atoms with E-state index in [1.165, 1.54) is 17.0 Å². The van der Waals surface area contributed by atoms with Gasteiger partial charge in [-0.1, -0.05) is 12.8 Å². The number of aryl methyl sites for hydroxylation is 1. The molecule has 5 heteroatoms. The average molecular weight is 277 g/mol. The second-order valence-electron chi connectivity index (χ2n) is 5.26. The molecule has 0 heterocycles. The Morgan fingerprint density at radius 2 is 1.95 bits per heavy atom. The van der Waals surface area contributed by atoms with Gasteiger partial charge in [-0.05, 0) is 43.5 Å². The topological polar surface area (TPSA) is 77.8 Å². The number of benzene rings is 1. The Balaban J connectivity index is 2.27. The Labute approximate surface area is 117 Å². The summed E-state index contributed by atoms with van der Waals surface area (Å²) in [6.07, 6.45) is 3.78. The first kappa shape index (κ1) is 14.4. The molecule has 0 aromatic heterocycles. The highest BCUT2D eigenvalue weighted by atomic mass is 16.4. The van der Waals surface area contributed by atoms with Gasteiger partial charge in [-0.2, -0.15) is 0 Å². The molecule has 0 unspecified atom stereocenters. The number of aliphatic carboxylic acids is 1. The summed E-state index contributed by atoms with van der Waals surface area (Å²) in [6, 6.07) is 4.53. The molecule has 2 N–H and O–H groups in total. The lowest BCUT2D eigenvalue weighted by Gasteiger charge is -2.28. The lowest BCUT2D eigenvalue weighted by Crippen LogP contribution is -2.42. The van der Waals surface area contributed by atoms with E-state index in [1.54, 1.807) is 13.0 Å². The van der Waals surface area contributed by atoms with Crippen LogP contribution in [0, 0.1) is 6.92 Å². The number of carboxylic acid groups (broad SMARTS) is 1. The van der Waals surface area contributed by atoms with Crippen molar-refractivity contribution in [2.75, 3.05) is 6.54 Å². The lowest BCUT2D eigenvalue weighted by atomic mass is 10.1. The van der Waals surface area contributed by atoms with Gasteiger partial charge in [-0.15, -0.1) is 0 Å². The molecule has 0 atom stereocenters. The minimum absolute atomic E-state index is 0.00630. The fourth-order valence-corrected chi connectivity index (χ4v) is 2.77. The van der Waals surface area contributed by atoms with Crippen LogP contribution < -0.4 is 0 Å². The Bertz CT molecular complexity index is 521. The van der Waals surface area contributed by atoms with E-state index in [1.807, 2.05) is 0 Å². The van der Waals surface area contributed by atoms with Crippen molar-refractivity contribution >= 4 is 11.9 Å². The number of aromatic hydroxyl groups is 1. The predicted molar refractivity (Wildman–Crippen MR) is 73.8 cm³/mol. The van der Waals surface area contributed by atoms with Crippen LogP contribution in [0.4, 0.5) is 0 Å². The third kappa shape index (κ3) is 3.10. The van der Waals surface area contributed by atoms with Crippen molar-refractivity contribution in [3.63, 3.8) is 0 Å². The molecular weight excluding hydrogens is 258 g/mol. The third-order valence-electron chi connectivity index (χ3n) is 3.77. The van der Waals surface area contributed by atoms with Crippen LogP contribution in [-0.4, -0.2) is 39.6 Å². The molecule has 1 saturated carbocycles. The maximum Gasteiger partial charge on any atom is 0.323 e. The molecule has 0 saturated heterocycles. The number of carbonyl (C=O) groups excluding carboxylic acids is 1. The molecular formula is C15H19NO4. The smallest absolute Gasteiger partial charge is 0.323 e. The maximum atomic E-state index is 12.6. The van der Waals surface area contributed by atoms with Crippen LogP contribution in [-0.2, 0) is 4.79 Å². The van der Waals surface area contributed by atoms with Crippen LogP contribution in [0.1, 0.15) is 41.6 Å². The Hall–Kier alpha value is -2.04. The third-order valence-corrected chi connectivity index (χ3v) is 3.77. The number of phenolic OH excluding ortho intramolecular Hbond substituents is 1. The molecule has 0 aliphatic heterocycles. The zero-order valence-corrected chi connectivity index (χ0v) is 11.5. The normalized spacial score (nSPS) is 15.2. The van der Waals surface area contributed by atoms with Gasteiger partial charge in [-0.3, -0.25) is 9.59 Å². The molecule has 1 amide bonds. The number of carbonyl (C=O) groups is 2. The second-order valence-corrected chi connectivity index (χ2v) is 5.26. The highest BCUT2D eigenvalue weighted by molar-refractivity contribution is 5.97. The van der Waals surface area contributed by atoms with Crippen molar-refractivity contribution in [2.24, 2.45) is 0 Å². The number of nitrogens with zero attached hydrogens (tertiary/aromatic N) is 1. The van der Waals surface area contributed by atoms with Gasteiger partial charge in [0.25, 0.3) is 5.91 Å². The van der Waals surface area contributed by atoms with Crippen molar-refractivity contribution in [3.8, 4) is 5.75 Å². The summed E-state index contributed by atoms with van der Waals surface area (Å²) in [5.74, 6) is -1.16. The van der Waals surface area contributed by atoms with Crippen LogP contribution in [0.25, 0.3) is 0 Å². The fourth-order valence-electron chi connectivity index (χ4n) is 2.77. The molecule has 1 aromatic rings. The van der Waals surface area contributed by atoms with Gasteiger partial charge in [0.15, 0.2) is 0 Å². The molecule has 1 aliphatic rings. The Kier molecular flexibility index (Phi) is 4.27. The largest absolute Gasteiger partial charge is 0.508 e. The van der Waals surface area contributed by atoms with Crippen molar-refractivity contribution in [3.05, 3.63) is 29.3 Å². The number of rotatable bonds is 4. The van der Waals surface area contributed by atoms with Crippen molar-refractivity contribution < 1.29 is 19.8 Å². The predicted octanol–water partition coefficient (Wildman–Crippen LogP) is 2.17. The van der Waals surface area contributed by atoms with Gasteiger partial charge in [0.2, 0.25) is 0 Å². The molecule has 5 nitrogen and oxygen atoms in total. The monoisotopic (exact) mass is 277 g/mol. The van der Waals surface area contributed by atoms with Crippen LogP contribution >= 0.6 is 0 Å². The minimum atomic E-state index is -0.998. The second kappa shape index (κ2) is 5.94. The van der Waals surface area contributed by atoms with Crippen molar-refractivity contribution in [1.29, 1.82) is 0 Å². The van der Waals surface area contributed by atoms with Crippen LogP contribution in [0.2, 0.25) is 0 Å². The lowest BCUT2D eigenvalue weighted by molar-refractivity contribution is -0.138. The van der Waals surface area contributed by atoms with Gasteiger partial charge in [0, 0.05) is 11.6 Å². The van der Waals surface area contributed by atoms with E-state index in [-0.39, 0.29) is 24.2 Å². The molecule has 0 spiro atoms. The zero-order chi connectivity index (χ0) is 14.7. The van der Waals surface area contributed by atoms with Crippen molar-refractivity contribution in [2.45, 2.75) is 38.6 Å². The summed E-state index contributed by atoms with van der Waals surface area (Å²) in [6.45, 7) is 1.46. The summed E-state index contributed by atoms with van der Waals surface area (Å²) in [4.78, 5) is 25.0. The first-order valence-electron chi connectivity index (χ1n) is 6.81. The summed E-state index contributed by atoms with van der Waals surface area (Å²) in [5.41, 5.74) is 1.11. The summed E-state index contributed by atoms with van der Waals surface area (Å²) >= 11 is 0. The molecule has 2 rings (SSSR count). The number of hydrogen-bond donors (Lipinski definition) is 2. The molecule has 0 bridgehead atoms. The van der Waals surface area contributed by atoms with Gasteiger partial charge in [0.05, 0.1) is 0 Å². The van der Waals surface area contributed by atoms with Gasteiger partial charge < -0.3 is 15.1 Å². The quantitative estimate of drug-likeness (QED) is 0.884. The fraction of sp³-hybridized carbons (Fsp3) is 0.467. The van der Waals surface area contributed by atoms with E-state index in [9.17, 15) is 14.7 Å². The number of hydrogen-bond acceptors (Lipinski definition) is 3. The van der Waals surface area contributed by atoms with Crippen LogP contribution in [0.15, 0.2) is 18.2 Å². The van der Waals surface area contributed by atoms with E-state index < -0.39 is 5.97 Å². The molecule has 1 aromatic carbocycles. The van der Waals surface area contributed by atoms with E-state index >= 15 is 0 Å². The summed E-state index contributed by atoms with van der Waals surface area (Å²) in [5, 5.41) is 18.4. The Morgan fingerprint density at radius 1 is 1.30 bits per heavy atom. The maximum absolute atomic E-state index is 12.6. The first-order valence-corrected chi connectivity index (χ1v) is 6.81. The van der Waals surface area contributed by atoms with Gasteiger partial charge >= 0.3 is 5.97 Å². The standard InChI is InChI=1S/C15H19NO4/c1-10-8-12(17)6-7-13(10)15(20)16(9-14(18)19)11-4-2-3-5-11/h6-8,11,17H,2-5,9H2,1H3,(H,18,19). The average Bonchev–Trinajstić information content (AvgIpc) is 2.88. The minimum Gasteiger partial charge on any atom is -0.508 e. The number of phenols is 1. The van der Waals surface area contributed by atoms with Gasteiger partial charge in [-0.25, -0.2) is 0 Å². The molecule has 1 fully saturated rings. The Morgan fingerprint density at radius 3 is 2.50 bits per heavy atom. The highest BCUT2D eigenvalue weighted by Gasteiger charge is 2.29. The number of amides is 1. The molecule has 0 radical (unpaired) electrons. The molecule has 20 heavy (non-hydrogen) atoms. The molecule has 1 aliphatic carbocycles. The van der Waals surface area contributed by atoms with Crippen LogP contribution in [0.5, 0.6) is 5.75 Å². The SMILES string of the molecule is Cc1cc(O)ccc1C(=O)N(CC(=O)O)C1CCCC1. The van der Waals surface area contributed by atoms with Crippen molar-refractivity contribution in [1.82, 2.24) is 4.90 Å². The van der Waals surface area contributed by atoms with E-state index in [0.29, 0.717) is 11.1 Å². The first-order chi connectivity index (χ1) is 9.49. The van der Waals surface area contributed by atoms with E-state index in [2.05, 4.69) is 0 Å². The molecule has 108 valence electrons.